The van der Waals surface area contributed by atoms with Crippen LogP contribution < -0.4 is 5.43 Å². The molecule has 0 radical (unpaired) electrons. The molecule has 1 aliphatic rings. The topological polar surface area (TPSA) is 77.1 Å². The summed E-state index contributed by atoms with van der Waals surface area (Å²) in [5.41, 5.74) is 5.41. The van der Waals surface area contributed by atoms with Crippen LogP contribution >= 0.6 is 0 Å². The second-order valence-corrected chi connectivity index (χ2v) is 8.31. The third-order valence-electron chi connectivity index (χ3n) is 5.61. The predicted molar refractivity (Wildman–Crippen MR) is 121 cm³/mol. The van der Waals surface area contributed by atoms with Gasteiger partial charge < -0.3 is 14.2 Å². The molecule has 0 unspecified atom stereocenters. The second-order valence-electron chi connectivity index (χ2n) is 8.31. The average Bonchev–Trinajstić information content (AvgIpc) is 3.15. The molecule has 3 rings (SSSR count). The number of nitrogens with zero attached hydrogens (tertiary/aromatic N) is 1. The first kappa shape index (κ1) is 23.8. The summed E-state index contributed by atoms with van der Waals surface area (Å²) >= 11 is 0. The van der Waals surface area contributed by atoms with Crippen LogP contribution in [0.15, 0.2) is 60.7 Å². The van der Waals surface area contributed by atoms with Gasteiger partial charge in [0.2, 0.25) is 0 Å². The zero-order valence-corrected chi connectivity index (χ0v) is 18.9. The molecular formula is C25H32N2O5. The number of benzene rings is 2. The summed E-state index contributed by atoms with van der Waals surface area (Å²) in [4.78, 5) is 24.9. The van der Waals surface area contributed by atoms with Gasteiger partial charge in [-0.15, -0.1) is 0 Å². The zero-order valence-electron chi connectivity index (χ0n) is 18.9. The van der Waals surface area contributed by atoms with Crippen LogP contribution in [0.1, 0.15) is 31.4 Å². The minimum atomic E-state index is -0.758. The van der Waals surface area contributed by atoms with Crippen LogP contribution in [-0.4, -0.2) is 49.0 Å². The minimum absolute atomic E-state index is 0.132. The quantitative estimate of drug-likeness (QED) is 0.537. The van der Waals surface area contributed by atoms with Crippen LogP contribution in [0.2, 0.25) is 0 Å². The van der Waals surface area contributed by atoms with Gasteiger partial charge in [-0.2, -0.15) is 0 Å². The molecule has 0 aliphatic carbocycles. The van der Waals surface area contributed by atoms with E-state index in [2.05, 4.69) is 5.43 Å². The number of ether oxygens (including phenoxy) is 3. The second kappa shape index (κ2) is 11.6. The van der Waals surface area contributed by atoms with Gasteiger partial charge >= 0.3 is 12.1 Å². The van der Waals surface area contributed by atoms with Crippen molar-refractivity contribution in [1.82, 2.24) is 10.4 Å². The third kappa shape index (κ3) is 6.55. The molecule has 32 heavy (non-hydrogen) atoms. The molecule has 0 spiro atoms. The van der Waals surface area contributed by atoms with E-state index < -0.39 is 18.2 Å². The van der Waals surface area contributed by atoms with Gasteiger partial charge in [0.05, 0.1) is 19.8 Å². The van der Waals surface area contributed by atoms with Crippen molar-refractivity contribution in [2.75, 3.05) is 13.7 Å². The maximum Gasteiger partial charge on any atom is 0.424 e. The van der Waals surface area contributed by atoms with Crippen molar-refractivity contribution in [3.8, 4) is 0 Å². The lowest BCUT2D eigenvalue weighted by Gasteiger charge is -2.32. The molecule has 7 heteroatoms. The Morgan fingerprint density at radius 1 is 1.09 bits per heavy atom. The van der Waals surface area contributed by atoms with Gasteiger partial charge in [0.15, 0.2) is 6.10 Å². The molecular weight excluding hydrogens is 408 g/mol. The Morgan fingerprint density at radius 2 is 1.72 bits per heavy atom. The Bertz CT molecular complexity index is 859. The zero-order chi connectivity index (χ0) is 22.9. The summed E-state index contributed by atoms with van der Waals surface area (Å²) in [7, 11) is 1.35. The number of rotatable bonds is 11. The minimum Gasteiger partial charge on any atom is -0.467 e. The first-order valence-electron chi connectivity index (χ1n) is 11.0. The van der Waals surface area contributed by atoms with Gasteiger partial charge in [-0.25, -0.2) is 20.0 Å². The van der Waals surface area contributed by atoms with Gasteiger partial charge in [-0.3, -0.25) is 0 Å². The highest BCUT2D eigenvalue weighted by molar-refractivity contribution is 5.74. The molecule has 2 aromatic carbocycles. The van der Waals surface area contributed by atoms with Gasteiger partial charge in [-0.1, -0.05) is 74.5 Å². The van der Waals surface area contributed by atoms with E-state index in [-0.39, 0.29) is 18.0 Å². The van der Waals surface area contributed by atoms with E-state index in [1.165, 1.54) is 7.11 Å². The standard InChI is InChI=1S/C25H32N2O5/c1-18(2)22(15-23(24(28)30-3)31-16-20-12-8-5-9-13-20)26-27-21(17-32-25(27)29)14-19-10-6-4-7-11-19/h4-13,18,21-23,26H,14-17H2,1-3H3/t21-,22+,23+/m0/s1. The summed E-state index contributed by atoms with van der Waals surface area (Å²) in [6, 6.07) is 19.3. The average molecular weight is 441 g/mol. The van der Waals surface area contributed by atoms with Crippen molar-refractivity contribution in [2.24, 2.45) is 5.92 Å². The van der Waals surface area contributed by atoms with E-state index >= 15 is 0 Å². The first-order chi connectivity index (χ1) is 15.5. The first-order valence-corrected chi connectivity index (χ1v) is 11.0. The van der Waals surface area contributed by atoms with Gasteiger partial charge in [0.25, 0.3) is 0 Å². The summed E-state index contributed by atoms with van der Waals surface area (Å²) in [6.07, 6.45) is -0.128. The fraction of sp³-hybridized carbons (Fsp3) is 0.440. The molecule has 1 saturated heterocycles. The van der Waals surface area contributed by atoms with E-state index in [1.807, 2.05) is 74.5 Å². The van der Waals surface area contributed by atoms with Crippen LogP contribution in [0.5, 0.6) is 0 Å². The van der Waals surface area contributed by atoms with Crippen molar-refractivity contribution >= 4 is 12.1 Å². The van der Waals surface area contributed by atoms with Crippen molar-refractivity contribution in [3.05, 3.63) is 71.8 Å². The number of hydrogen-bond donors (Lipinski definition) is 1. The SMILES string of the molecule is COC(=O)[C@@H](C[C@@H](NN1C(=O)OC[C@@H]1Cc1ccccc1)C(C)C)OCc1ccccc1. The van der Waals surface area contributed by atoms with Crippen molar-refractivity contribution < 1.29 is 23.8 Å². The van der Waals surface area contributed by atoms with E-state index in [0.29, 0.717) is 26.1 Å². The fourth-order valence-electron chi connectivity index (χ4n) is 3.67. The smallest absolute Gasteiger partial charge is 0.424 e. The Hall–Kier alpha value is -2.90. The van der Waals surface area contributed by atoms with Crippen LogP contribution in [0, 0.1) is 5.92 Å². The highest BCUT2D eigenvalue weighted by Crippen LogP contribution is 2.20. The molecule has 2 aromatic rings. The number of amides is 1. The lowest BCUT2D eigenvalue weighted by molar-refractivity contribution is -0.156. The Balaban J connectivity index is 1.67. The van der Waals surface area contributed by atoms with Crippen LogP contribution in [0.3, 0.4) is 0 Å². The number of hydrazine groups is 1. The molecule has 1 amide bonds. The van der Waals surface area contributed by atoms with Crippen molar-refractivity contribution in [3.63, 3.8) is 0 Å². The van der Waals surface area contributed by atoms with Gasteiger partial charge in [0, 0.05) is 12.5 Å². The normalized spacial score (nSPS) is 17.8. The van der Waals surface area contributed by atoms with E-state index in [4.69, 9.17) is 14.2 Å². The maximum atomic E-state index is 12.4. The lowest BCUT2D eigenvalue weighted by Crippen LogP contribution is -2.53. The largest absolute Gasteiger partial charge is 0.467 e. The summed E-state index contributed by atoms with van der Waals surface area (Å²) < 4.78 is 16.2. The highest BCUT2D eigenvalue weighted by Gasteiger charge is 2.36. The van der Waals surface area contributed by atoms with E-state index in [9.17, 15) is 9.59 Å². The summed E-state index contributed by atoms with van der Waals surface area (Å²) in [5.74, 6) is -0.300. The van der Waals surface area contributed by atoms with E-state index in [1.54, 1.807) is 5.01 Å². The molecule has 3 atom stereocenters. The summed E-state index contributed by atoms with van der Waals surface area (Å²) in [5, 5.41) is 1.56. The van der Waals surface area contributed by atoms with Gasteiger partial charge in [0.1, 0.15) is 6.61 Å². The third-order valence-corrected chi connectivity index (χ3v) is 5.61. The predicted octanol–water partition coefficient (Wildman–Crippen LogP) is 3.73. The fourth-order valence-corrected chi connectivity index (χ4v) is 3.67. The molecule has 172 valence electrons. The Morgan fingerprint density at radius 3 is 2.31 bits per heavy atom. The summed E-state index contributed by atoms with van der Waals surface area (Å²) in [6.45, 7) is 4.69. The number of hydrogen-bond acceptors (Lipinski definition) is 6. The monoisotopic (exact) mass is 440 g/mol. The maximum absolute atomic E-state index is 12.4. The molecule has 1 fully saturated rings. The number of esters is 1. The Labute approximate surface area is 189 Å². The molecule has 1 N–H and O–H groups in total. The molecule has 1 heterocycles. The number of methoxy groups -OCH3 is 1. The van der Waals surface area contributed by atoms with Gasteiger partial charge in [-0.05, 0) is 23.5 Å². The molecule has 0 bridgehead atoms. The highest BCUT2D eigenvalue weighted by atomic mass is 16.6. The molecule has 0 aromatic heterocycles. The number of cyclic esters (lactones) is 1. The van der Waals surface area contributed by atoms with Crippen molar-refractivity contribution in [1.29, 1.82) is 0 Å². The van der Waals surface area contributed by atoms with Crippen molar-refractivity contribution in [2.45, 2.75) is 51.5 Å². The molecule has 0 saturated carbocycles. The Kier molecular flexibility index (Phi) is 8.64. The number of carbonyl (C=O) groups is 2. The van der Waals surface area contributed by atoms with Crippen LogP contribution in [0.4, 0.5) is 4.79 Å². The number of carbonyl (C=O) groups excluding carboxylic acids is 2. The number of nitrogens with one attached hydrogen (secondary N) is 1. The molecule has 1 aliphatic heterocycles. The lowest BCUT2D eigenvalue weighted by atomic mass is 9.98. The van der Waals surface area contributed by atoms with E-state index in [0.717, 1.165) is 11.1 Å². The van der Waals surface area contributed by atoms with Crippen LogP contribution in [0.25, 0.3) is 0 Å². The van der Waals surface area contributed by atoms with Crippen LogP contribution in [-0.2, 0) is 32.0 Å². The molecule has 7 nitrogen and oxygen atoms in total.